The van der Waals surface area contributed by atoms with Crippen LogP contribution >= 0.6 is 0 Å². The summed E-state index contributed by atoms with van der Waals surface area (Å²) in [4.78, 5) is 4.29. The molecule has 3 rings (SSSR count). The number of rotatable bonds is 11. The first kappa shape index (κ1) is 24.3. The van der Waals surface area contributed by atoms with Crippen LogP contribution in [0.3, 0.4) is 0 Å². The van der Waals surface area contributed by atoms with Gasteiger partial charge in [0.1, 0.15) is 0 Å². The summed E-state index contributed by atoms with van der Waals surface area (Å²) < 4.78 is 51.7. The van der Waals surface area contributed by atoms with Gasteiger partial charge in [-0.3, -0.25) is 0 Å². The lowest BCUT2D eigenvalue weighted by molar-refractivity contribution is -0.137. The van der Waals surface area contributed by atoms with Crippen LogP contribution in [-0.4, -0.2) is 52.3 Å². The van der Waals surface area contributed by atoms with Gasteiger partial charge in [-0.25, -0.2) is 4.68 Å². The number of aliphatic hydroxyl groups excluding tert-OH is 1. The second-order valence-electron chi connectivity index (χ2n) is 7.05. The normalized spacial score (nSPS) is 12.4. The summed E-state index contributed by atoms with van der Waals surface area (Å²) in [5.74, 6) is 0.208. The number of halogens is 3. The summed E-state index contributed by atoms with van der Waals surface area (Å²) in [6.07, 6.45) is -3.62. The number of ether oxygens (including phenoxy) is 2. The minimum atomic E-state index is -4.48. The van der Waals surface area contributed by atoms with E-state index in [2.05, 4.69) is 22.0 Å². The molecule has 33 heavy (non-hydrogen) atoms. The summed E-state index contributed by atoms with van der Waals surface area (Å²) in [7, 11) is 0. The Labute approximate surface area is 189 Å². The Morgan fingerprint density at radius 1 is 1.21 bits per heavy atom. The third-order valence-corrected chi connectivity index (χ3v) is 4.49. The van der Waals surface area contributed by atoms with Crippen LogP contribution in [0, 0.1) is 0 Å². The van der Waals surface area contributed by atoms with Gasteiger partial charge in [-0.1, -0.05) is 24.3 Å². The largest absolute Gasteiger partial charge is 0.463 e. The van der Waals surface area contributed by atoms with Crippen molar-refractivity contribution in [1.29, 1.82) is 0 Å². The molecule has 2 aromatic carbocycles. The maximum absolute atomic E-state index is 13.2. The van der Waals surface area contributed by atoms with Crippen molar-refractivity contribution in [2.45, 2.75) is 19.2 Å². The minimum Gasteiger partial charge on any atom is -0.463 e. The van der Waals surface area contributed by atoms with Gasteiger partial charge in [-0.15, -0.1) is 11.7 Å². The SMILES string of the molecule is C=CCOCC(O)CNc1cccc(-n2nc(OCC)nc2-c2cccc(C(F)(F)F)c2)c1. The Bertz CT molecular complexity index is 1070. The number of nitrogens with zero attached hydrogens (tertiary/aromatic N) is 3. The molecule has 1 unspecified atom stereocenters. The van der Waals surface area contributed by atoms with Gasteiger partial charge in [0.15, 0.2) is 5.82 Å². The van der Waals surface area contributed by atoms with E-state index in [1.807, 2.05) is 0 Å². The summed E-state index contributed by atoms with van der Waals surface area (Å²) in [6.45, 7) is 6.35. The molecule has 176 valence electrons. The first-order valence-corrected chi connectivity index (χ1v) is 10.3. The van der Waals surface area contributed by atoms with Crippen molar-refractivity contribution >= 4 is 5.69 Å². The van der Waals surface area contributed by atoms with Gasteiger partial charge in [-0.2, -0.15) is 18.2 Å². The fraction of sp³-hybridized carbons (Fsp3) is 0.304. The van der Waals surface area contributed by atoms with Crippen LogP contribution in [0.4, 0.5) is 18.9 Å². The van der Waals surface area contributed by atoms with Crippen LogP contribution < -0.4 is 10.1 Å². The maximum atomic E-state index is 13.2. The van der Waals surface area contributed by atoms with Crippen LogP contribution in [0.1, 0.15) is 12.5 Å². The highest BCUT2D eigenvalue weighted by atomic mass is 19.4. The molecule has 10 heteroatoms. The molecule has 0 saturated heterocycles. The molecule has 0 aliphatic rings. The van der Waals surface area contributed by atoms with Crippen molar-refractivity contribution in [1.82, 2.24) is 14.8 Å². The molecule has 1 atom stereocenters. The van der Waals surface area contributed by atoms with E-state index < -0.39 is 17.8 Å². The topological polar surface area (TPSA) is 81.4 Å². The Hall–Kier alpha value is -3.37. The smallest absolute Gasteiger partial charge is 0.416 e. The van der Waals surface area contributed by atoms with E-state index in [-0.39, 0.29) is 30.5 Å². The zero-order chi connectivity index (χ0) is 23.8. The number of hydrogen-bond donors (Lipinski definition) is 2. The van der Waals surface area contributed by atoms with E-state index >= 15 is 0 Å². The summed E-state index contributed by atoms with van der Waals surface area (Å²) in [5.41, 5.74) is 0.703. The quantitative estimate of drug-likeness (QED) is 0.326. The number of alkyl halides is 3. The highest BCUT2D eigenvalue weighted by molar-refractivity contribution is 5.61. The predicted molar refractivity (Wildman–Crippen MR) is 118 cm³/mol. The molecule has 0 bridgehead atoms. The number of aromatic nitrogens is 3. The van der Waals surface area contributed by atoms with Gasteiger partial charge >= 0.3 is 12.2 Å². The summed E-state index contributed by atoms with van der Waals surface area (Å²) in [6, 6.07) is 12.0. The Kier molecular flexibility index (Phi) is 8.07. The molecule has 1 heterocycles. The minimum absolute atomic E-state index is 0.0538. The average Bonchev–Trinajstić information content (AvgIpc) is 3.22. The number of hydrogen-bond acceptors (Lipinski definition) is 6. The second-order valence-corrected chi connectivity index (χ2v) is 7.05. The Morgan fingerprint density at radius 3 is 2.73 bits per heavy atom. The van der Waals surface area contributed by atoms with Gasteiger partial charge in [0, 0.05) is 17.8 Å². The summed E-state index contributed by atoms with van der Waals surface area (Å²) >= 11 is 0. The van der Waals surface area contributed by atoms with Crippen molar-refractivity contribution in [3.05, 3.63) is 66.7 Å². The molecule has 7 nitrogen and oxygen atoms in total. The molecule has 3 aromatic rings. The van der Waals surface area contributed by atoms with Gasteiger partial charge in [0.05, 0.1) is 37.2 Å². The fourth-order valence-electron chi connectivity index (χ4n) is 3.01. The third kappa shape index (κ3) is 6.56. The molecule has 1 aromatic heterocycles. The van der Waals surface area contributed by atoms with Crippen molar-refractivity contribution in [3.63, 3.8) is 0 Å². The van der Waals surface area contributed by atoms with E-state index in [0.29, 0.717) is 24.6 Å². The number of aliphatic hydroxyl groups is 1. The van der Waals surface area contributed by atoms with Gasteiger partial charge < -0.3 is 19.9 Å². The van der Waals surface area contributed by atoms with E-state index in [9.17, 15) is 18.3 Å². The van der Waals surface area contributed by atoms with Crippen LogP contribution in [0.15, 0.2) is 61.2 Å². The van der Waals surface area contributed by atoms with E-state index in [4.69, 9.17) is 9.47 Å². The second kappa shape index (κ2) is 11.0. The summed E-state index contributed by atoms with van der Waals surface area (Å²) in [5, 5.41) is 17.4. The van der Waals surface area contributed by atoms with Crippen molar-refractivity contribution in [2.24, 2.45) is 0 Å². The average molecular weight is 462 g/mol. The molecular weight excluding hydrogens is 437 g/mol. The monoisotopic (exact) mass is 462 g/mol. The van der Waals surface area contributed by atoms with Crippen molar-refractivity contribution in [3.8, 4) is 23.1 Å². The van der Waals surface area contributed by atoms with E-state index in [0.717, 1.165) is 12.1 Å². The molecule has 2 N–H and O–H groups in total. The highest BCUT2D eigenvalue weighted by Gasteiger charge is 2.31. The van der Waals surface area contributed by atoms with Crippen LogP contribution in [0.25, 0.3) is 17.1 Å². The lowest BCUT2D eigenvalue weighted by atomic mass is 10.1. The van der Waals surface area contributed by atoms with E-state index in [1.54, 1.807) is 37.3 Å². The number of anilines is 1. The molecular formula is C23H25F3N4O3. The Morgan fingerprint density at radius 2 is 2.00 bits per heavy atom. The van der Waals surface area contributed by atoms with Crippen LogP contribution in [0.5, 0.6) is 6.01 Å². The first-order chi connectivity index (χ1) is 15.8. The zero-order valence-corrected chi connectivity index (χ0v) is 18.0. The maximum Gasteiger partial charge on any atom is 0.416 e. The lowest BCUT2D eigenvalue weighted by Gasteiger charge is -2.14. The van der Waals surface area contributed by atoms with E-state index in [1.165, 1.54) is 16.8 Å². The van der Waals surface area contributed by atoms with Gasteiger partial charge in [0.25, 0.3) is 0 Å². The lowest BCUT2D eigenvalue weighted by Crippen LogP contribution is -2.24. The molecule has 0 aliphatic heterocycles. The standard InChI is InChI=1S/C23H25F3N4O3/c1-3-11-32-15-20(31)14-27-18-9-6-10-19(13-18)30-21(28-22(29-30)33-4-2)16-7-5-8-17(12-16)23(24,25)26/h3,5-10,12-13,20,27,31H,1,4,11,14-15H2,2H3. The fourth-order valence-corrected chi connectivity index (χ4v) is 3.01. The zero-order valence-electron chi connectivity index (χ0n) is 18.0. The Balaban J connectivity index is 1.89. The molecule has 0 aliphatic carbocycles. The molecule has 0 fully saturated rings. The predicted octanol–water partition coefficient (Wildman–Crippen LogP) is 4.33. The molecule has 0 radical (unpaired) electrons. The van der Waals surface area contributed by atoms with Crippen LogP contribution in [0.2, 0.25) is 0 Å². The first-order valence-electron chi connectivity index (χ1n) is 10.3. The van der Waals surface area contributed by atoms with Crippen molar-refractivity contribution < 1.29 is 27.8 Å². The van der Waals surface area contributed by atoms with Crippen molar-refractivity contribution in [2.75, 3.05) is 31.7 Å². The number of nitrogens with one attached hydrogen (secondary N) is 1. The third-order valence-electron chi connectivity index (χ3n) is 4.49. The highest BCUT2D eigenvalue weighted by Crippen LogP contribution is 2.33. The van der Waals surface area contributed by atoms with Crippen LogP contribution in [-0.2, 0) is 10.9 Å². The molecule has 0 saturated carbocycles. The molecule has 0 spiro atoms. The molecule has 0 amide bonds. The van der Waals surface area contributed by atoms with Gasteiger partial charge in [0.2, 0.25) is 0 Å². The number of benzene rings is 2. The van der Waals surface area contributed by atoms with Gasteiger partial charge in [-0.05, 0) is 37.3 Å².